The first-order chi connectivity index (χ1) is 14.3. The van der Waals surface area contributed by atoms with E-state index in [1.165, 1.54) is 0 Å². The number of fused-ring (bicyclic) bond motifs is 2. The number of rotatable bonds is 2. The maximum Gasteiger partial charge on any atom is 0.258 e. The molecule has 0 amide bonds. The molecule has 1 N–H and O–H groups in total. The van der Waals surface area contributed by atoms with Gasteiger partial charge in [0.2, 0.25) is 0 Å². The molecule has 30 heavy (non-hydrogen) atoms. The van der Waals surface area contributed by atoms with Crippen LogP contribution >= 0.6 is 0 Å². The highest BCUT2D eigenvalue weighted by Gasteiger charge is 2.26. The highest BCUT2D eigenvalue weighted by molar-refractivity contribution is 5.66. The molecule has 0 bridgehead atoms. The van der Waals surface area contributed by atoms with Gasteiger partial charge >= 0.3 is 0 Å². The fourth-order valence-corrected chi connectivity index (χ4v) is 4.19. The molecule has 0 saturated carbocycles. The lowest BCUT2D eigenvalue weighted by atomic mass is 10.0. The SMILES string of the molecule is Cc1cn2nc(-c3cc(=O)n4cc(N5CCNC(C)(C)C5)ccc4n3)cc2c(C)n1. The van der Waals surface area contributed by atoms with E-state index < -0.39 is 0 Å². The van der Waals surface area contributed by atoms with Crippen LogP contribution in [0.4, 0.5) is 5.69 Å². The number of nitrogens with one attached hydrogen (secondary N) is 1. The number of hydrogen-bond donors (Lipinski definition) is 1. The molecule has 8 nitrogen and oxygen atoms in total. The first-order valence-electron chi connectivity index (χ1n) is 10.2. The highest BCUT2D eigenvalue weighted by atomic mass is 16.1. The van der Waals surface area contributed by atoms with Crippen LogP contribution < -0.4 is 15.8 Å². The Morgan fingerprint density at radius 3 is 2.70 bits per heavy atom. The molecule has 0 spiro atoms. The van der Waals surface area contributed by atoms with Crippen LogP contribution in [0.3, 0.4) is 0 Å². The van der Waals surface area contributed by atoms with E-state index in [0.29, 0.717) is 17.0 Å². The van der Waals surface area contributed by atoms with Crippen LogP contribution in [0.15, 0.2) is 41.5 Å². The van der Waals surface area contributed by atoms with Gasteiger partial charge in [0.1, 0.15) is 11.3 Å². The molecular weight excluding hydrogens is 378 g/mol. The summed E-state index contributed by atoms with van der Waals surface area (Å²) in [6.07, 6.45) is 3.76. The lowest BCUT2D eigenvalue weighted by molar-refractivity contribution is 0.353. The summed E-state index contributed by atoms with van der Waals surface area (Å²) in [6, 6.07) is 7.42. The molecule has 5 heterocycles. The summed E-state index contributed by atoms with van der Waals surface area (Å²) in [6.45, 7) is 11.0. The highest BCUT2D eigenvalue weighted by Crippen LogP contribution is 2.22. The van der Waals surface area contributed by atoms with Crippen LogP contribution in [-0.4, -0.2) is 49.2 Å². The van der Waals surface area contributed by atoms with Gasteiger partial charge in [-0.05, 0) is 45.9 Å². The molecule has 0 radical (unpaired) electrons. The predicted molar refractivity (Wildman–Crippen MR) is 117 cm³/mol. The van der Waals surface area contributed by atoms with Crippen LogP contribution in [0.5, 0.6) is 0 Å². The molecule has 1 aliphatic heterocycles. The Kier molecular flexibility index (Phi) is 4.14. The summed E-state index contributed by atoms with van der Waals surface area (Å²) in [5.41, 5.74) is 5.49. The minimum absolute atomic E-state index is 0.0365. The first-order valence-corrected chi connectivity index (χ1v) is 10.2. The molecule has 0 unspecified atom stereocenters. The van der Waals surface area contributed by atoms with Gasteiger partial charge in [-0.15, -0.1) is 0 Å². The average Bonchev–Trinajstić information content (AvgIpc) is 3.11. The summed E-state index contributed by atoms with van der Waals surface area (Å²) >= 11 is 0. The number of aromatic nitrogens is 5. The van der Waals surface area contributed by atoms with Gasteiger partial charge in [-0.3, -0.25) is 14.2 Å². The molecule has 0 aromatic carbocycles. The van der Waals surface area contributed by atoms with E-state index in [2.05, 4.69) is 34.1 Å². The number of aryl methyl sites for hydroxylation is 2. The maximum atomic E-state index is 12.9. The average molecular weight is 403 g/mol. The Bertz CT molecular complexity index is 1330. The van der Waals surface area contributed by atoms with Crippen LogP contribution in [0.1, 0.15) is 25.2 Å². The number of anilines is 1. The summed E-state index contributed by atoms with van der Waals surface area (Å²) in [5, 5.41) is 8.13. The largest absolute Gasteiger partial charge is 0.367 e. The van der Waals surface area contributed by atoms with Gasteiger partial charge in [0.05, 0.1) is 34.5 Å². The van der Waals surface area contributed by atoms with Gasteiger partial charge < -0.3 is 10.2 Å². The van der Waals surface area contributed by atoms with Crippen molar-refractivity contribution in [1.82, 2.24) is 29.3 Å². The molecule has 0 aliphatic carbocycles. The van der Waals surface area contributed by atoms with Crippen molar-refractivity contribution in [3.05, 3.63) is 58.4 Å². The summed E-state index contributed by atoms with van der Waals surface area (Å²) in [4.78, 5) is 24.4. The van der Waals surface area contributed by atoms with Crippen molar-refractivity contribution in [2.24, 2.45) is 0 Å². The van der Waals surface area contributed by atoms with E-state index in [4.69, 9.17) is 4.98 Å². The smallest absolute Gasteiger partial charge is 0.258 e. The van der Waals surface area contributed by atoms with Crippen molar-refractivity contribution in [3.63, 3.8) is 0 Å². The maximum absolute atomic E-state index is 12.9. The Morgan fingerprint density at radius 2 is 1.90 bits per heavy atom. The van der Waals surface area contributed by atoms with Crippen molar-refractivity contribution >= 4 is 16.9 Å². The number of pyridine rings is 1. The molecule has 4 aromatic heterocycles. The summed E-state index contributed by atoms with van der Waals surface area (Å²) in [7, 11) is 0. The third-order valence-corrected chi connectivity index (χ3v) is 5.60. The topological polar surface area (TPSA) is 79.8 Å². The molecule has 1 aliphatic rings. The van der Waals surface area contributed by atoms with Gasteiger partial charge in [-0.2, -0.15) is 5.10 Å². The van der Waals surface area contributed by atoms with Crippen molar-refractivity contribution in [3.8, 4) is 11.4 Å². The monoisotopic (exact) mass is 403 g/mol. The van der Waals surface area contributed by atoms with E-state index in [1.807, 2.05) is 44.4 Å². The standard InChI is InChI=1S/C22H25N7O/c1-14-11-29-19(15(2)24-14)9-18(26-29)17-10-21(30)28-12-16(5-6-20(28)25-17)27-8-7-23-22(3,4)13-27/h5-6,9-12,23H,7-8,13H2,1-4H3. The van der Waals surface area contributed by atoms with Crippen molar-refractivity contribution in [2.45, 2.75) is 33.2 Å². The fraction of sp³-hybridized carbons (Fsp3) is 0.364. The second-order valence-corrected chi connectivity index (χ2v) is 8.65. The molecule has 154 valence electrons. The predicted octanol–water partition coefficient (Wildman–Crippen LogP) is 2.21. The number of nitrogens with zero attached hydrogens (tertiary/aromatic N) is 6. The van der Waals surface area contributed by atoms with Gasteiger partial charge in [-0.25, -0.2) is 9.50 Å². The van der Waals surface area contributed by atoms with E-state index in [-0.39, 0.29) is 11.1 Å². The molecule has 1 saturated heterocycles. The Morgan fingerprint density at radius 1 is 1.07 bits per heavy atom. The summed E-state index contributed by atoms with van der Waals surface area (Å²) < 4.78 is 3.41. The van der Waals surface area contributed by atoms with Crippen molar-refractivity contribution < 1.29 is 0 Å². The third kappa shape index (κ3) is 3.23. The second kappa shape index (κ2) is 6.63. The molecule has 8 heteroatoms. The molecule has 0 atom stereocenters. The Hall–Kier alpha value is -3.26. The fourth-order valence-electron chi connectivity index (χ4n) is 4.19. The normalized spacial score (nSPS) is 16.5. The zero-order valence-electron chi connectivity index (χ0n) is 17.7. The van der Waals surface area contributed by atoms with Crippen LogP contribution in [0.2, 0.25) is 0 Å². The van der Waals surface area contributed by atoms with Gasteiger partial charge in [0.15, 0.2) is 0 Å². The van der Waals surface area contributed by atoms with E-state index in [0.717, 1.165) is 42.2 Å². The Balaban J connectivity index is 1.56. The van der Waals surface area contributed by atoms with Crippen LogP contribution in [0, 0.1) is 13.8 Å². The number of piperazine rings is 1. The lowest BCUT2D eigenvalue weighted by Crippen LogP contribution is -2.57. The van der Waals surface area contributed by atoms with Gasteiger partial charge in [0.25, 0.3) is 5.56 Å². The van der Waals surface area contributed by atoms with Crippen molar-refractivity contribution in [1.29, 1.82) is 0 Å². The zero-order valence-corrected chi connectivity index (χ0v) is 17.7. The van der Waals surface area contributed by atoms with Crippen molar-refractivity contribution in [2.75, 3.05) is 24.5 Å². The van der Waals surface area contributed by atoms with Crippen LogP contribution in [-0.2, 0) is 0 Å². The quantitative estimate of drug-likeness (QED) is 0.553. The molecule has 1 fully saturated rings. The van der Waals surface area contributed by atoms with Gasteiger partial charge in [-0.1, -0.05) is 0 Å². The first kappa shape index (κ1) is 18.7. The molecular formula is C22H25N7O. The molecule has 4 aromatic rings. The molecule has 5 rings (SSSR count). The minimum Gasteiger partial charge on any atom is -0.367 e. The number of hydrogen-bond acceptors (Lipinski definition) is 6. The zero-order chi connectivity index (χ0) is 21.0. The van der Waals surface area contributed by atoms with E-state index in [9.17, 15) is 4.79 Å². The van der Waals surface area contributed by atoms with Crippen LogP contribution in [0.25, 0.3) is 22.6 Å². The van der Waals surface area contributed by atoms with E-state index >= 15 is 0 Å². The summed E-state index contributed by atoms with van der Waals surface area (Å²) in [5.74, 6) is 0. The third-order valence-electron chi connectivity index (χ3n) is 5.60. The van der Waals surface area contributed by atoms with Gasteiger partial charge in [0, 0.05) is 37.4 Å². The minimum atomic E-state index is -0.116. The second-order valence-electron chi connectivity index (χ2n) is 8.65. The Labute approximate surface area is 174 Å². The van der Waals surface area contributed by atoms with E-state index in [1.54, 1.807) is 15.0 Å². The lowest BCUT2D eigenvalue weighted by Gasteiger charge is -2.40.